The molecule has 0 radical (unpaired) electrons. The number of carbonyl (C=O) groups excluding carboxylic acids is 1. The van der Waals surface area contributed by atoms with Crippen LogP contribution in [0.25, 0.3) is 11.3 Å². The van der Waals surface area contributed by atoms with Crippen LogP contribution in [-0.4, -0.2) is 22.7 Å². The lowest BCUT2D eigenvalue weighted by Gasteiger charge is -2.10. The molecule has 1 amide bonds. The minimum absolute atomic E-state index is 0.232. The van der Waals surface area contributed by atoms with Gasteiger partial charge in [0.05, 0.1) is 11.9 Å². The first kappa shape index (κ1) is 15.1. The van der Waals surface area contributed by atoms with Gasteiger partial charge in [0, 0.05) is 17.7 Å². The van der Waals surface area contributed by atoms with Crippen LogP contribution >= 0.6 is 0 Å². The van der Waals surface area contributed by atoms with Crippen LogP contribution in [0.5, 0.6) is 0 Å². The Kier molecular flexibility index (Phi) is 4.00. The molecule has 0 spiro atoms. The van der Waals surface area contributed by atoms with E-state index >= 15 is 0 Å². The summed E-state index contributed by atoms with van der Waals surface area (Å²) in [5.74, 6) is 0.410. The van der Waals surface area contributed by atoms with Crippen LogP contribution in [0.15, 0.2) is 76.8 Å². The number of oxime groups is 1. The summed E-state index contributed by atoms with van der Waals surface area (Å²) in [4.78, 5) is 21.6. The SMILES string of the molecule is O=C(Nc1cccc(-c2cnco2)c1)[C@@H]1CC(c2ccccc2)=NO1. The maximum absolute atomic E-state index is 12.4. The van der Waals surface area contributed by atoms with Crippen molar-refractivity contribution < 1.29 is 14.0 Å². The van der Waals surface area contributed by atoms with Gasteiger partial charge in [-0.2, -0.15) is 0 Å². The fourth-order valence-electron chi connectivity index (χ4n) is 2.65. The van der Waals surface area contributed by atoms with Crippen molar-refractivity contribution in [3.8, 4) is 11.3 Å². The highest BCUT2D eigenvalue weighted by Crippen LogP contribution is 2.23. The van der Waals surface area contributed by atoms with E-state index in [1.807, 2.05) is 54.6 Å². The Morgan fingerprint density at radius 3 is 2.72 bits per heavy atom. The van der Waals surface area contributed by atoms with Crippen molar-refractivity contribution in [1.82, 2.24) is 4.98 Å². The van der Waals surface area contributed by atoms with Gasteiger partial charge in [-0.1, -0.05) is 47.6 Å². The van der Waals surface area contributed by atoms with Crippen molar-refractivity contribution in [2.24, 2.45) is 5.16 Å². The van der Waals surface area contributed by atoms with E-state index in [-0.39, 0.29) is 5.91 Å². The number of nitrogens with one attached hydrogen (secondary N) is 1. The summed E-state index contributed by atoms with van der Waals surface area (Å²) in [6.07, 6.45) is 2.80. The number of anilines is 1. The first-order valence-electron chi connectivity index (χ1n) is 7.87. The van der Waals surface area contributed by atoms with E-state index in [0.29, 0.717) is 17.9 Å². The molecule has 1 aromatic heterocycles. The number of rotatable bonds is 4. The van der Waals surface area contributed by atoms with Gasteiger partial charge in [0.15, 0.2) is 12.2 Å². The maximum Gasteiger partial charge on any atom is 0.268 e. The van der Waals surface area contributed by atoms with E-state index in [4.69, 9.17) is 9.25 Å². The van der Waals surface area contributed by atoms with Crippen LogP contribution < -0.4 is 5.32 Å². The highest BCUT2D eigenvalue weighted by Gasteiger charge is 2.28. The van der Waals surface area contributed by atoms with Crippen molar-refractivity contribution in [1.29, 1.82) is 0 Å². The average Bonchev–Trinajstić information content (AvgIpc) is 3.35. The first-order valence-corrected chi connectivity index (χ1v) is 7.87. The second kappa shape index (κ2) is 6.60. The van der Waals surface area contributed by atoms with E-state index in [0.717, 1.165) is 16.8 Å². The third-order valence-corrected chi connectivity index (χ3v) is 3.92. The molecule has 4 rings (SSSR count). The van der Waals surface area contributed by atoms with E-state index in [1.54, 1.807) is 6.20 Å². The summed E-state index contributed by atoms with van der Waals surface area (Å²) in [7, 11) is 0. The molecule has 1 aliphatic heterocycles. The third kappa shape index (κ3) is 3.28. The van der Waals surface area contributed by atoms with Gasteiger partial charge in [-0.3, -0.25) is 4.79 Å². The van der Waals surface area contributed by atoms with Crippen molar-refractivity contribution in [2.45, 2.75) is 12.5 Å². The Morgan fingerprint density at radius 2 is 1.92 bits per heavy atom. The Labute approximate surface area is 144 Å². The van der Waals surface area contributed by atoms with Gasteiger partial charge < -0.3 is 14.6 Å². The van der Waals surface area contributed by atoms with Gasteiger partial charge >= 0.3 is 0 Å². The second-order valence-corrected chi connectivity index (χ2v) is 5.64. The lowest BCUT2D eigenvalue weighted by atomic mass is 10.0. The van der Waals surface area contributed by atoms with Crippen LogP contribution in [0.1, 0.15) is 12.0 Å². The van der Waals surface area contributed by atoms with Gasteiger partial charge in [0.1, 0.15) is 0 Å². The predicted octanol–water partition coefficient (Wildman–Crippen LogP) is 3.47. The molecule has 1 aliphatic rings. The number of nitrogens with zero attached hydrogens (tertiary/aromatic N) is 2. The van der Waals surface area contributed by atoms with Gasteiger partial charge in [-0.15, -0.1) is 0 Å². The molecule has 0 aliphatic carbocycles. The van der Waals surface area contributed by atoms with Crippen molar-refractivity contribution in [2.75, 3.05) is 5.32 Å². The minimum Gasteiger partial charge on any atom is -0.444 e. The average molecular weight is 333 g/mol. The molecule has 0 saturated heterocycles. The Balaban J connectivity index is 1.43. The smallest absolute Gasteiger partial charge is 0.268 e. The van der Waals surface area contributed by atoms with Crippen LogP contribution in [-0.2, 0) is 9.63 Å². The van der Waals surface area contributed by atoms with Crippen molar-refractivity contribution in [3.05, 3.63) is 72.8 Å². The van der Waals surface area contributed by atoms with E-state index in [1.165, 1.54) is 6.39 Å². The minimum atomic E-state index is -0.635. The summed E-state index contributed by atoms with van der Waals surface area (Å²) >= 11 is 0. The molecule has 0 saturated carbocycles. The van der Waals surface area contributed by atoms with Gasteiger partial charge in [0.2, 0.25) is 6.10 Å². The summed E-state index contributed by atoms with van der Waals surface area (Å²) in [5.41, 5.74) is 3.24. The highest BCUT2D eigenvalue weighted by atomic mass is 16.6. The van der Waals surface area contributed by atoms with Crippen molar-refractivity contribution >= 4 is 17.3 Å². The number of hydrogen-bond acceptors (Lipinski definition) is 5. The predicted molar refractivity (Wildman–Crippen MR) is 93.0 cm³/mol. The Morgan fingerprint density at radius 1 is 1.08 bits per heavy atom. The molecular weight excluding hydrogens is 318 g/mol. The number of amides is 1. The number of hydrogen-bond donors (Lipinski definition) is 1. The third-order valence-electron chi connectivity index (χ3n) is 3.92. The molecule has 25 heavy (non-hydrogen) atoms. The molecule has 2 aromatic carbocycles. The van der Waals surface area contributed by atoms with E-state index in [2.05, 4.69) is 15.5 Å². The molecule has 2 heterocycles. The van der Waals surface area contributed by atoms with Gasteiger partial charge in [-0.05, 0) is 17.7 Å². The van der Waals surface area contributed by atoms with Gasteiger partial charge in [0.25, 0.3) is 5.91 Å². The number of oxazole rings is 1. The summed E-state index contributed by atoms with van der Waals surface area (Å²) in [6, 6.07) is 17.1. The van der Waals surface area contributed by atoms with Gasteiger partial charge in [-0.25, -0.2) is 4.98 Å². The monoisotopic (exact) mass is 333 g/mol. The van der Waals surface area contributed by atoms with E-state index < -0.39 is 6.10 Å². The lowest BCUT2D eigenvalue weighted by molar-refractivity contribution is -0.125. The van der Waals surface area contributed by atoms with E-state index in [9.17, 15) is 4.79 Å². The quantitative estimate of drug-likeness (QED) is 0.793. The van der Waals surface area contributed by atoms with Crippen LogP contribution in [0, 0.1) is 0 Å². The molecule has 0 bridgehead atoms. The molecule has 124 valence electrons. The van der Waals surface area contributed by atoms with Crippen molar-refractivity contribution in [3.63, 3.8) is 0 Å². The molecule has 0 unspecified atom stereocenters. The standard InChI is InChI=1S/C19H15N3O3/c23-19(17-10-16(22-25-17)13-5-2-1-3-6-13)21-15-8-4-7-14(9-15)18-11-20-12-24-18/h1-9,11-12,17H,10H2,(H,21,23)/t17-/m0/s1. The summed E-state index contributed by atoms with van der Waals surface area (Å²) in [6.45, 7) is 0. The number of aromatic nitrogens is 1. The van der Waals surface area contributed by atoms with Crippen LogP contribution in [0.4, 0.5) is 5.69 Å². The molecule has 6 nitrogen and oxygen atoms in total. The molecule has 1 atom stereocenters. The normalized spacial score (nSPS) is 16.2. The highest BCUT2D eigenvalue weighted by molar-refractivity contribution is 6.06. The van der Waals surface area contributed by atoms with Crippen LogP contribution in [0.2, 0.25) is 0 Å². The molecule has 1 N–H and O–H groups in total. The molecular formula is C19H15N3O3. The zero-order chi connectivity index (χ0) is 17.1. The zero-order valence-corrected chi connectivity index (χ0v) is 13.3. The summed E-state index contributed by atoms with van der Waals surface area (Å²) < 4.78 is 5.28. The molecule has 0 fully saturated rings. The molecule has 3 aromatic rings. The second-order valence-electron chi connectivity index (χ2n) is 5.64. The fraction of sp³-hybridized carbons (Fsp3) is 0.105. The Hall–Kier alpha value is -3.41. The first-order chi connectivity index (χ1) is 12.3. The maximum atomic E-state index is 12.4. The Bertz CT molecular complexity index is 905. The summed E-state index contributed by atoms with van der Waals surface area (Å²) in [5, 5.41) is 6.90. The number of carbonyl (C=O) groups is 1. The number of benzene rings is 2. The fourth-order valence-corrected chi connectivity index (χ4v) is 2.65. The topological polar surface area (TPSA) is 76.7 Å². The zero-order valence-electron chi connectivity index (χ0n) is 13.3. The lowest BCUT2D eigenvalue weighted by Crippen LogP contribution is -2.28. The van der Waals surface area contributed by atoms with Crippen LogP contribution in [0.3, 0.4) is 0 Å². The molecule has 6 heteroatoms. The largest absolute Gasteiger partial charge is 0.444 e.